The maximum absolute atomic E-state index is 5.80. The van der Waals surface area contributed by atoms with Crippen LogP contribution in [0.2, 0.25) is 0 Å². The Morgan fingerprint density at radius 3 is 3.00 bits per heavy atom. The van der Waals surface area contributed by atoms with Gasteiger partial charge in [0.2, 0.25) is 0 Å². The van der Waals surface area contributed by atoms with Crippen LogP contribution in [0.15, 0.2) is 29.1 Å². The van der Waals surface area contributed by atoms with Crippen LogP contribution in [0.25, 0.3) is 10.9 Å². The van der Waals surface area contributed by atoms with E-state index in [1.807, 2.05) is 6.07 Å². The lowest BCUT2D eigenvalue weighted by Crippen LogP contribution is -1.90. The largest absolute Gasteiger partial charge is 0.397 e. The Hall–Kier alpha value is -1.16. The van der Waals surface area contributed by atoms with Gasteiger partial charge >= 0.3 is 0 Å². The molecule has 0 saturated heterocycles. The number of hydrogen-bond acceptors (Lipinski definition) is 3. The van der Waals surface area contributed by atoms with E-state index < -0.39 is 0 Å². The molecule has 0 saturated carbocycles. The van der Waals surface area contributed by atoms with Crippen LogP contribution in [-0.4, -0.2) is 9.97 Å². The van der Waals surface area contributed by atoms with Crippen LogP contribution in [0.5, 0.6) is 0 Å². The van der Waals surface area contributed by atoms with Gasteiger partial charge in [0.15, 0.2) is 0 Å². The average Bonchev–Trinajstić information content (AvgIpc) is 2.12. The Balaban J connectivity index is 2.91. The number of nitrogen functional groups attached to an aromatic ring is 1. The van der Waals surface area contributed by atoms with Crippen molar-refractivity contribution in [2.45, 2.75) is 0 Å². The molecule has 4 heteroatoms. The van der Waals surface area contributed by atoms with E-state index in [2.05, 4.69) is 25.9 Å². The predicted octanol–water partition coefficient (Wildman–Crippen LogP) is 1.97. The fourth-order valence-corrected chi connectivity index (χ4v) is 1.36. The van der Waals surface area contributed by atoms with Crippen molar-refractivity contribution < 1.29 is 0 Å². The number of nitrogens with zero attached hydrogens (tertiary/aromatic N) is 2. The first-order valence-corrected chi connectivity index (χ1v) is 4.22. The average molecular weight is 224 g/mol. The van der Waals surface area contributed by atoms with Crippen molar-refractivity contribution in [1.29, 1.82) is 0 Å². The second-order valence-electron chi connectivity index (χ2n) is 2.41. The SMILES string of the molecule is Nc1c(Br)cnc2cnccc12. The molecule has 2 heterocycles. The summed E-state index contributed by atoms with van der Waals surface area (Å²) in [6.07, 6.45) is 5.07. The Labute approximate surface area is 77.8 Å². The lowest BCUT2D eigenvalue weighted by Gasteiger charge is -2.01. The molecule has 0 bridgehead atoms. The summed E-state index contributed by atoms with van der Waals surface area (Å²) in [6.45, 7) is 0. The van der Waals surface area contributed by atoms with E-state index in [0.29, 0.717) is 5.69 Å². The van der Waals surface area contributed by atoms with Crippen LogP contribution < -0.4 is 5.73 Å². The van der Waals surface area contributed by atoms with Crippen LogP contribution in [0.3, 0.4) is 0 Å². The molecule has 0 radical (unpaired) electrons. The van der Waals surface area contributed by atoms with Gasteiger partial charge in [0.1, 0.15) is 0 Å². The molecular formula is C8H6BrN3. The van der Waals surface area contributed by atoms with Gasteiger partial charge in [-0.05, 0) is 22.0 Å². The van der Waals surface area contributed by atoms with E-state index in [0.717, 1.165) is 15.4 Å². The zero-order valence-electron chi connectivity index (χ0n) is 6.16. The first kappa shape index (κ1) is 7.49. The van der Waals surface area contributed by atoms with E-state index in [9.17, 15) is 0 Å². The van der Waals surface area contributed by atoms with Gasteiger partial charge in [0.25, 0.3) is 0 Å². The molecule has 0 amide bonds. The van der Waals surface area contributed by atoms with E-state index in [1.165, 1.54) is 0 Å². The second kappa shape index (κ2) is 2.71. The molecule has 2 rings (SSSR count). The second-order valence-corrected chi connectivity index (χ2v) is 3.27. The topological polar surface area (TPSA) is 51.8 Å². The molecule has 0 fully saturated rings. The number of rotatable bonds is 0. The molecule has 0 aliphatic carbocycles. The number of nitrogens with two attached hydrogens (primary N) is 1. The summed E-state index contributed by atoms with van der Waals surface area (Å²) in [5.74, 6) is 0. The van der Waals surface area contributed by atoms with Gasteiger partial charge in [-0.25, -0.2) is 0 Å². The number of hydrogen-bond donors (Lipinski definition) is 1. The Morgan fingerprint density at radius 1 is 1.33 bits per heavy atom. The zero-order chi connectivity index (χ0) is 8.55. The van der Waals surface area contributed by atoms with Gasteiger partial charge in [-0.2, -0.15) is 0 Å². The summed E-state index contributed by atoms with van der Waals surface area (Å²) in [4.78, 5) is 8.10. The molecule has 0 aliphatic heterocycles. The Kier molecular flexibility index (Phi) is 1.69. The normalized spacial score (nSPS) is 10.4. The van der Waals surface area contributed by atoms with Crippen LogP contribution in [0.4, 0.5) is 5.69 Å². The molecule has 2 aromatic rings. The lowest BCUT2D eigenvalue weighted by molar-refractivity contribution is 1.30. The molecule has 3 nitrogen and oxygen atoms in total. The minimum Gasteiger partial charge on any atom is -0.397 e. The molecule has 2 N–H and O–H groups in total. The van der Waals surface area contributed by atoms with E-state index >= 15 is 0 Å². The summed E-state index contributed by atoms with van der Waals surface area (Å²) in [7, 11) is 0. The van der Waals surface area contributed by atoms with Gasteiger partial charge in [-0.15, -0.1) is 0 Å². The molecule has 0 aromatic carbocycles. The molecule has 12 heavy (non-hydrogen) atoms. The van der Waals surface area contributed by atoms with Gasteiger partial charge < -0.3 is 5.73 Å². The van der Waals surface area contributed by atoms with Gasteiger partial charge in [0.05, 0.1) is 21.9 Å². The summed E-state index contributed by atoms with van der Waals surface area (Å²) >= 11 is 3.31. The number of pyridine rings is 2. The summed E-state index contributed by atoms with van der Waals surface area (Å²) in [5.41, 5.74) is 7.33. The molecule has 2 aromatic heterocycles. The van der Waals surface area contributed by atoms with Crippen molar-refractivity contribution in [2.24, 2.45) is 0 Å². The third kappa shape index (κ3) is 1.04. The highest BCUT2D eigenvalue weighted by atomic mass is 79.9. The summed E-state index contributed by atoms with van der Waals surface area (Å²) < 4.78 is 0.821. The maximum Gasteiger partial charge on any atom is 0.0906 e. The molecule has 0 spiro atoms. The zero-order valence-corrected chi connectivity index (χ0v) is 7.75. The fourth-order valence-electron chi connectivity index (χ4n) is 1.04. The van der Waals surface area contributed by atoms with Crippen molar-refractivity contribution in [2.75, 3.05) is 5.73 Å². The van der Waals surface area contributed by atoms with Gasteiger partial charge in [-0.3, -0.25) is 9.97 Å². The highest BCUT2D eigenvalue weighted by Crippen LogP contribution is 2.25. The monoisotopic (exact) mass is 223 g/mol. The number of anilines is 1. The summed E-state index contributed by atoms with van der Waals surface area (Å²) in [5, 5.41) is 0.930. The maximum atomic E-state index is 5.80. The van der Waals surface area contributed by atoms with Crippen molar-refractivity contribution >= 4 is 32.5 Å². The molecule has 0 unspecified atom stereocenters. The van der Waals surface area contributed by atoms with Crippen LogP contribution in [0, 0.1) is 0 Å². The highest BCUT2D eigenvalue weighted by Gasteiger charge is 2.01. The number of fused-ring (bicyclic) bond motifs is 1. The van der Waals surface area contributed by atoms with Crippen LogP contribution in [-0.2, 0) is 0 Å². The first-order valence-electron chi connectivity index (χ1n) is 3.43. The van der Waals surface area contributed by atoms with Crippen molar-refractivity contribution in [1.82, 2.24) is 9.97 Å². The number of halogens is 1. The third-order valence-electron chi connectivity index (χ3n) is 1.66. The first-order chi connectivity index (χ1) is 5.79. The number of aromatic nitrogens is 2. The van der Waals surface area contributed by atoms with E-state index in [-0.39, 0.29) is 0 Å². The smallest absolute Gasteiger partial charge is 0.0906 e. The highest BCUT2D eigenvalue weighted by molar-refractivity contribution is 9.10. The van der Waals surface area contributed by atoms with E-state index in [4.69, 9.17) is 5.73 Å². The Bertz CT molecular complexity index is 428. The van der Waals surface area contributed by atoms with Crippen molar-refractivity contribution in [3.05, 3.63) is 29.1 Å². The predicted molar refractivity (Wildman–Crippen MR) is 51.7 cm³/mol. The molecular weight excluding hydrogens is 218 g/mol. The van der Waals surface area contributed by atoms with Crippen molar-refractivity contribution in [3.63, 3.8) is 0 Å². The molecule has 60 valence electrons. The minimum absolute atomic E-state index is 0.711. The fraction of sp³-hybridized carbons (Fsp3) is 0. The molecule has 0 aliphatic rings. The Morgan fingerprint density at radius 2 is 2.17 bits per heavy atom. The van der Waals surface area contributed by atoms with Crippen molar-refractivity contribution in [3.8, 4) is 0 Å². The minimum atomic E-state index is 0.711. The lowest BCUT2D eigenvalue weighted by atomic mass is 10.2. The van der Waals surface area contributed by atoms with Gasteiger partial charge in [-0.1, -0.05) is 0 Å². The standard InChI is InChI=1S/C8H6BrN3/c9-6-3-12-7-4-11-2-1-5(7)8(6)10/h1-4H,(H2,10,12). The van der Waals surface area contributed by atoms with Crippen LogP contribution >= 0.6 is 15.9 Å². The molecule has 0 atom stereocenters. The van der Waals surface area contributed by atoms with Crippen LogP contribution in [0.1, 0.15) is 0 Å². The quantitative estimate of drug-likeness (QED) is 0.744. The van der Waals surface area contributed by atoms with Gasteiger partial charge in [0, 0.05) is 17.8 Å². The van der Waals surface area contributed by atoms with E-state index in [1.54, 1.807) is 18.6 Å². The summed E-state index contributed by atoms with van der Waals surface area (Å²) in [6, 6.07) is 1.85. The third-order valence-corrected chi connectivity index (χ3v) is 2.30.